The molecule has 0 unspecified atom stereocenters. The summed E-state index contributed by atoms with van der Waals surface area (Å²) < 4.78 is 24.4. The highest BCUT2D eigenvalue weighted by Gasteiger charge is 2.43. The van der Waals surface area contributed by atoms with Gasteiger partial charge >= 0.3 is 23.9 Å². The summed E-state index contributed by atoms with van der Waals surface area (Å²) in [5.74, 6) is -7.30. The van der Waals surface area contributed by atoms with Crippen molar-refractivity contribution in [2.75, 3.05) is 28.2 Å². The minimum absolute atomic E-state index is 0.0914. The van der Waals surface area contributed by atoms with Crippen molar-refractivity contribution in [3.63, 3.8) is 0 Å². The maximum Gasteiger partial charge on any atom is 0.329 e. The molecule has 1 saturated heterocycles. The average molecular weight is 1160 g/mol. The van der Waals surface area contributed by atoms with Crippen LogP contribution in [0.15, 0.2) is 60.9 Å². The molecule has 18 nitrogen and oxygen atoms in total. The molecule has 3 heterocycles. The van der Waals surface area contributed by atoms with E-state index in [9.17, 15) is 28.8 Å². The summed E-state index contributed by atoms with van der Waals surface area (Å²) in [7, 11) is 5.63. The molecule has 2 aromatic carbocycles. The van der Waals surface area contributed by atoms with Gasteiger partial charge in [0.25, 0.3) is 23.6 Å². The van der Waals surface area contributed by atoms with Crippen molar-refractivity contribution in [3.05, 3.63) is 117 Å². The zero-order chi connectivity index (χ0) is 62.6. The third-order valence-electron chi connectivity index (χ3n) is 16.0. The minimum Gasteiger partial charge on any atom is -0.451 e. The zero-order valence-corrected chi connectivity index (χ0v) is 53.0. The van der Waals surface area contributed by atoms with Crippen molar-refractivity contribution in [2.45, 2.75) is 197 Å². The van der Waals surface area contributed by atoms with Crippen LogP contribution in [0.1, 0.15) is 151 Å². The predicted molar refractivity (Wildman–Crippen MR) is 321 cm³/mol. The van der Waals surface area contributed by atoms with Gasteiger partial charge in [-0.05, 0) is 148 Å². The molecule has 0 radical (unpaired) electrons. The van der Waals surface area contributed by atoms with Gasteiger partial charge in [-0.3, -0.25) is 19.2 Å². The summed E-state index contributed by atoms with van der Waals surface area (Å²) in [6, 6.07) is 10.1. The Morgan fingerprint density at radius 1 is 0.393 bits per heavy atom. The fourth-order valence-electron chi connectivity index (χ4n) is 10.8. The van der Waals surface area contributed by atoms with Crippen molar-refractivity contribution < 1.29 is 57.3 Å². The Hall–Kier alpha value is -7.24. The molecule has 4 amide bonds. The number of benzene rings is 2. The molecule has 84 heavy (non-hydrogen) atoms. The number of aromatic nitrogens is 2. The predicted octanol–water partition coefficient (Wildman–Crippen LogP) is 8.74. The Morgan fingerprint density at radius 2 is 0.643 bits per heavy atom. The molecule has 1 aliphatic rings. The normalized spacial score (nSPS) is 22.7. The first kappa shape index (κ1) is 67.5. The van der Waals surface area contributed by atoms with Gasteiger partial charge in [0.15, 0.2) is 24.4 Å². The second kappa shape index (κ2) is 30.0. The number of likely N-dealkylation sites (N-methyl/N-ethyl adjacent to an activating group) is 4. The van der Waals surface area contributed by atoms with Crippen molar-refractivity contribution in [1.82, 2.24) is 29.6 Å². The van der Waals surface area contributed by atoms with Gasteiger partial charge in [0.1, 0.15) is 24.2 Å². The lowest BCUT2D eigenvalue weighted by molar-refractivity contribution is -0.176. The maximum atomic E-state index is 15.1. The highest BCUT2D eigenvalue weighted by molar-refractivity contribution is 5.94. The maximum absolute atomic E-state index is 15.1. The molecule has 8 atom stereocenters. The number of aryl methyl sites for hydroxylation is 4. The Morgan fingerprint density at radius 3 is 0.893 bits per heavy atom. The second-order valence-electron chi connectivity index (χ2n) is 24.9. The van der Waals surface area contributed by atoms with Crippen LogP contribution < -0.4 is 0 Å². The number of aromatic amines is 2. The number of hydrogen-bond donors (Lipinski definition) is 2. The molecule has 4 aromatic rings. The smallest absolute Gasteiger partial charge is 0.329 e. The Bertz CT molecular complexity index is 2670. The first-order valence-corrected chi connectivity index (χ1v) is 29.7. The van der Waals surface area contributed by atoms with Gasteiger partial charge in [-0.15, -0.1) is 0 Å². The number of nitrogens with zero attached hydrogens (tertiary/aromatic N) is 4. The number of amides is 4. The molecular formula is C66H94N6O12. The van der Waals surface area contributed by atoms with E-state index in [2.05, 4.69) is 9.97 Å². The fourth-order valence-corrected chi connectivity index (χ4v) is 10.8. The van der Waals surface area contributed by atoms with E-state index in [1.54, 1.807) is 0 Å². The number of ether oxygens (including phenoxy) is 4. The third kappa shape index (κ3) is 17.9. The van der Waals surface area contributed by atoms with Crippen LogP contribution in [0.3, 0.4) is 0 Å². The van der Waals surface area contributed by atoms with E-state index in [1.807, 2.05) is 144 Å². The summed E-state index contributed by atoms with van der Waals surface area (Å²) in [4.78, 5) is 129. The average Bonchev–Trinajstić information content (AvgIpc) is 4.05. The number of rotatable bonds is 16. The number of carbonyl (C=O) groups excluding carboxylic acids is 8. The van der Waals surface area contributed by atoms with Crippen LogP contribution in [0, 0.1) is 51.4 Å². The topological polar surface area (TPSA) is 218 Å². The highest BCUT2D eigenvalue weighted by atomic mass is 16.6. The zero-order valence-electron chi connectivity index (χ0n) is 53.0. The second-order valence-corrected chi connectivity index (χ2v) is 24.9. The van der Waals surface area contributed by atoms with E-state index in [-0.39, 0.29) is 62.2 Å². The minimum atomic E-state index is -1.52. The largest absolute Gasteiger partial charge is 0.451 e. The van der Waals surface area contributed by atoms with Gasteiger partial charge < -0.3 is 48.5 Å². The quantitative estimate of drug-likeness (QED) is 0.0795. The van der Waals surface area contributed by atoms with E-state index in [4.69, 9.17) is 18.9 Å². The van der Waals surface area contributed by atoms with Crippen LogP contribution in [0.5, 0.6) is 0 Å². The highest BCUT2D eigenvalue weighted by Crippen LogP contribution is 2.26. The van der Waals surface area contributed by atoms with Crippen LogP contribution in [0.4, 0.5) is 0 Å². The molecule has 2 aromatic heterocycles. The molecular weight excluding hydrogens is 1070 g/mol. The number of nitrogens with one attached hydrogen (secondary N) is 2. The molecule has 1 aliphatic heterocycles. The van der Waals surface area contributed by atoms with Crippen molar-refractivity contribution >= 4 is 47.5 Å². The van der Waals surface area contributed by atoms with Crippen LogP contribution in [-0.4, -0.2) is 154 Å². The summed E-state index contributed by atoms with van der Waals surface area (Å²) in [6.45, 7) is 25.8. The first-order chi connectivity index (χ1) is 39.4. The number of hydrogen-bond acceptors (Lipinski definition) is 12. The van der Waals surface area contributed by atoms with Crippen LogP contribution in [0.25, 0.3) is 0 Å². The molecule has 0 saturated carbocycles. The van der Waals surface area contributed by atoms with Crippen molar-refractivity contribution in [1.29, 1.82) is 0 Å². The monoisotopic (exact) mass is 1160 g/mol. The summed E-state index contributed by atoms with van der Waals surface area (Å²) >= 11 is 0. The molecule has 0 bridgehead atoms. The van der Waals surface area contributed by atoms with E-state index in [0.717, 1.165) is 54.6 Å². The molecule has 5 rings (SSSR count). The molecule has 1 fully saturated rings. The van der Waals surface area contributed by atoms with Crippen LogP contribution in [0.2, 0.25) is 0 Å². The lowest BCUT2D eigenvalue weighted by Gasteiger charge is -2.35. The van der Waals surface area contributed by atoms with Gasteiger partial charge in [0.2, 0.25) is 0 Å². The number of esters is 4. The lowest BCUT2D eigenvalue weighted by atomic mass is 9.98. The number of carbonyl (C=O) groups is 8. The van der Waals surface area contributed by atoms with Gasteiger partial charge in [-0.25, -0.2) is 19.2 Å². The molecule has 2 N–H and O–H groups in total. The fraction of sp³-hybridized carbons (Fsp3) is 0.576. The van der Waals surface area contributed by atoms with Gasteiger partial charge in [0, 0.05) is 64.8 Å². The molecule has 0 aliphatic carbocycles. The first-order valence-electron chi connectivity index (χ1n) is 29.7. The van der Waals surface area contributed by atoms with Gasteiger partial charge in [-0.1, -0.05) is 104 Å². The van der Waals surface area contributed by atoms with Crippen molar-refractivity contribution in [2.24, 2.45) is 23.7 Å². The van der Waals surface area contributed by atoms with Crippen LogP contribution in [-0.2, 0) is 83.0 Å². The van der Waals surface area contributed by atoms with E-state index < -0.39 is 96.1 Å². The van der Waals surface area contributed by atoms with Crippen molar-refractivity contribution in [3.8, 4) is 0 Å². The van der Waals surface area contributed by atoms with E-state index in [1.165, 1.54) is 51.8 Å². The SMILES string of the molecule is Cc1c[nH]c(C)c1Cc1ccc(C[C@H]2OC(=O)[C@H](CC(C)C)N(C)C(=O)[C@@H](C)OC(=O)[C@H](CC(C)C)N(C)C(=O)[C@@H](Cc3ccc(Cc4c(C)c[nH]c4C)cc3)OC(=O)[C@H](CC(C)C)N(C)C(=O)[C@@H](C)OC(=O)[C@H](CC(C)C)N(C)C2=O)cc1. The summed E-state index contributed by atoms with van der Waals surface area (Å²) in [5, 5.41) is 0. The van der Waals surface area contributed by atoms with Gasteiger partial charge in [0.05, 0.1) is 0 Å². The standard InChI is InChI=1S/C66H94N6O12/c1-37(2)27-53-63(77)81-45(13)59(73)69(15)56(30-40(7)8)66(80)84-58(34-50-25-21-48(22-26-50)32-52-42(10)36-68-44(52)12)62(76)72(18)54(28-38(3)4)64(78)82-46(14)60(74)70(16)55(29-39(5)6)65(79)83-57(61(75)71(53)17)33-49-23-19-47(20-24-49)31-51-41(9)35-67-43(51)11/h19-26,35-40,45-46,53-58,67-68H,27-34H2,1-18H3/t45-,46-,53+,54+,55+,56+,57-,58-/m1/s1. The Kier molecular flexibility index (Phi) is 24.1. The Balaban J connectivity index is 1.59. The summed E-state index contributed by atoms with van der Waals surface area (Å²) in [6.07, 6.45) is -0.618. The van der Waals surface area contributed by atoms with E-state index in [0.29, 0.717) is 24.0 Å². The molecule has 0 spiro atoms. The Labute approximate surface area is 498 Å². The lowest BCUT2D eigenvalue weighted by Crippen LogP contribution is -2.55. The third-order valence-corrected chi connectivity index (χ3v) is 16.0. The van der Waals surface area contributed by atoms with Gasteiger partial charge in [-0.2, -0.15) is 0 Å². The number of H-pyrrole nitrogens is 2. The molecule has 460 valence electrons. The van der Waals surface area contributed by atoms with Crippen LogP contribution >= 0.6 is 0 Å². The molecule has 18 heteroatoms. The number of cyclic esters (lactones) is 4. The summed E-state index contributed by atoms with van der Waals surface area (Å²) in [5.41, 5.74) is 10.0. The van der Waals surface area contributed by atoms with E-state index >= 15 is 9.59 Å².